The van der Waals surface area contributed by atoms with Crippen LogP contribution in [0.15, 0.2) is 47.1 Å². The molecule has 1 radical (unpaired) electrons. The fourth-order valence-electron chi connectivity index (χ4n) is 4.20. The summed E-state index contributed by atoms with van der Waals surface area (Å²) in [5.41, 5.74) is 1.45. The van der Waals surface area contributed by atoms with Gasteiger partial charge in [0.25, 0.3) is 5.91 Å². The van der Waals surface area contributed by atoms with Crippen LogP contribution in [-0.4, -0.2) is 46.2 Å². The fourth-order valence-corrected chi connectivity index (χ4v) is 5.45. The largest absolute Gasteiger partial charge is 0.468 e. The Bertz CT molecular complexity index is 1290. The summed E-state index contributed by atoms with van der Waals surface area (Å²) in [6.07, 6.45) is -2.02. The van der Waals surface area contributed by atoms with E-state index in [-0.39, 0.29) is 30.4 Å². The molecule has 193 valence electrons. The Labute approximate surface area is 219 Å². The summed E-state index contributed by atoms with van der Waals surface area (Å²) in [5, 5.41) is 7.76. The molecule has 2 aliphatic rings. The summed E-state index contributed by atoms with van der Waals surface area (Å²) in [5.74, 6) is -0.0456. The predicted octanol–water partition coefficient (Wildman–Crippen LogP) is 5.66. The number of oxime groups is 1. The van der Waals surface area contributed by atoms with Gasteiger partial charge in [0.2, 0.25) is 5.88 Å². The van der Waals surface area contributed by atoms with Crippen LogP contribution in [-0.2, 0) is 15.8 Å². The van der Waals surface area contributed by atoms with Gasteiger partial charge in [0.05, 0.1) is 16.3 Å². The standard InChI is InChI=1S/C25H21ClF3N4O3S/c26-18-4-2-1-3-17(18)21-11-19(32-36-21)20-14-37-24(31-20)15-7-9-33(10-8-15)23(34)13-35-22-6-5-16(12-30-22)25(27,28)29/h1-2,4-6,12,14-15,21H,7-11,13H2. The molecule has 5 rings (SSSR count). The van der Waals surface area contributed by atoms with E-state index in [9.17, 15) is 18.0 Å². The van der Waals surface area contributed by atoms with E-state index in [0.717, 1.165) is 47.0 Å². The summed E-state index contributed by atoms with van der Waals surface area (Å²) in [7, 11) is 0. The molecule has 1 fully saturated rings. The van der Waals surface area contributed by atoms with E-state index in [4.69, 9.17) is 26.2 Å². The zero-order chi connectivity index (χ0) is 26.0. The topological polar surface area (TPSA) is 76.9 Å². The van der Waals surface area contributed by atoms with Crippen LogP contribution >= 0.6 is 22.9 Å². The number of pyridine rings is 1. The molecule has 0 aliphatic carbocycles. The fraction of sp³-hybridized carbons (Fsp3) is 0.360. The van der Waals surface area contributed by atoms with Crippen molar-refractivity contribution in [3.63, 3.8) is 0 Å². The lowest BCUT2D eigenvalue weighted by atomic mass is 9.97. The number of benzene rings is 1. The zero-order valence-electron chi connectivity index (χ0n) is 19.4. The first-order valence-electron chi connectivity index (χ1n) is 11.6. The lowest BCUT2D eigenvalue weighted by Crippen LogP contribution is -2.40. The SMILES string of the molecule is O=C(COc1ccc(C(F)(F)F)cn1)N1CCC(c2nc(C3=NOC(c4[c]cccc4Cl)C3)cs2)CC1. The maximum atomic E-state index is 12.6. The van der Waals surface area contributed by atoms with Gasteiger partial charge in [-0.2, -0.15) is 13.2 Å². The molecule has 0 saturated carbocycles. The Morgan fingerprint density at radius 3 is 2.78 bits per heavy atom. The molecule has 37 heavy (non-hydrogen) atoms. The molecule has 2 aromatic heterocycles. The van der Waals surface area contributed by atoms with Crippen molar-refractivity contribution in [1.29, 1.82) is 0 Å². The highest BCUT2D eigenvalue weighted by molar-refractivity contribution is 7.10. The lowest BCUT2D eigenvalue weighted by Gasteiger charge is -2.31. The van der Waals surface area contributed by atoms with Gasteiger partial charge in [-0.25, -0.2) is 9.97 Å². The first kappa shape index (κ1) is 25.5. The third-order valence-corrected chi connectivity index (χ3v) is 7.58. The number of rotatable bonds is 6. The Hall–Kier alpha value is -3.18. The minimum absolute atomic E-state index is 0.0278. The highest BCUT2D eigenvalue weighted by Gasteiger charge is 2.31. The number of aromatic nitrogens is 2. The number of halogens is 4. The normalized spacial score (nSPS) is 18.4. The average molecular weight is 550 g/mol. The molecule has 7 nitrogen and oxygen atoms in total. The van der Waals surface area contributed by atoms with E-state index in [2.05, 4.69) is 16.2 Å². The highest BCUT2D eigenvalue weighted by Crippen LogP contribution is 2.35. The van der Waals surface area contributed by atoms with Crippen LogP contribution in [0.25, 0.3) is 0 Å². The maximum absolute atomic E-state index is 12.6. The molecule has 0 N–H and O–H groups in total. The first-order valence-corrected chi connectivity index (χ1v) is 12.8. The van der Waals surface area contributed by atoms with E-state index >= 15 is 0 Å². The monoisotopic (exact) mass is 549 g/mol. The number of thiazole rings is 1. The molecule has 0 spiro atoms. The van der Waals surface area contributed by atoms with Gasteiger partial charge >= 0.3 is 6.18 Å². The van der Waals surface area contributed by atoms with Gasteiger partial charge in [0.15, 0.2) is 12.7 Å². The molecule has 2 aliphatic heterocycles. The second kappa shape index (κ2) is 10.7. The van der Waals surface area contributed by atoms with Gasteiger partial charge in [-0.3, -0.25) is 4.79 Å². The van der Waals surface area contributed by atoms with Crippen LogP contribution in [0.3, 0.4) is 0 Å². The Kier molecular flexibility index (Phi) is 7.34. The van der Waals surface area contributed by atoms with Crippen molar-refractivity contribution in [2.24, 2.45) is 5.16 Å². The number of hydrogen-bond acceptors (Lipinski definition) is 7. The summed E-state index contributed by atoms with van der Waals surface area (Å²) in [6, 6.07) is 10.5. The van der Waals surface area contributed by atoms with Gasteiger partial charge in [-0.15, -0.1) is 11.3 Å². The van der Waals surface area contributed by atoms with Crippen LogP contribution in [0.5, 0.6) is 5.88 Å². The third-order valence-electron chi connectivity index (χ3n) is 6.25. The molecular weight excluding hydrogens is 529 g/mol. The number of carbonyl (C=O) groups is 1. The molecule has 12 heteroatoms. The Morgan fingerprint density at radius 2 is 2.08 bits per heavy atom. The van der Waals surface area contributed by atoms with Crippen LogP contribution in [0, 0.1) is 6.07 Å². The van der Waals surface area contributed by atoms with Crippen molar-refractivity contribution in [3.05, 3.63) is 74.8 Å². The van der Waals surface area contributed by atoms with E-state index in [1.54, 1.807) is 28.4 Å². The van der Waals surface area contributed by atoms with Crippen molar-refractivity contribution in [2.45, 2.75) is 37.5 Å². The van der Waals surface area contributed by atoms with Crippen molar-refractivity contribution >= 4 is 34.6 Å². The Balaban J connectivity index is 1.10. The molecule has 4 heterocycles. The number of nitrogens with zero attached hydrogens (tertiary/aromatic N) is 4. The van der Waals surface area contributed by atoms with Gasteiger partial charge in [-0.1, -0.05) is 28.9 Å². The summed E-state index contributed by atoms with van der Waals surface area (Å²) >= 11 is 7.82. The minimum atomic E-state index is -4.47. The number of ether oxygens (including phenoxy) is 1. The van der Waals surface area contributed by atoms with E-state index in [1.165, 1.54) is 0 Å². The van der Waals surface area contributed by atoms with Gasteiger partial charge in [0.1, 0.15) is 5.71 Å². The summed E-state index contributed by atoms with van der Waals surface area (Å²) < 4.78 is 43.2. The van der Waals surface area contributed by atoms with Crippen molar-refractivity contribution < 1.29 is 27.5 Å². The molecule has 1 amide bonds. The average Bonchev–Trinajstić information content (AvgIpc) is 3.58. The summed E-state index contributed by atoms with van der Waals surface area (Å²) in [6.45, 7) is 0.793. The van der Waals surface area contributed by atoms with Crippen molar-refractivity contribution in [2.75, 3.05) is 19.7 Å². The number of likely N-dealkylation sites (tertiary alicyclic amines) is 1. The molecule has 1 aromatic carbocycles. The van der Waals surface area contributed by atoms with Gasteiger partial charge < -0.3 is 14.5 Å². The molecule has 3 aromatic rings. The maximum Gasteiger partial charge on any atom is 0.417 e. The van der Waals surface area contributed by atoms with Crippen LogP contribution in [0.1, 0.15) is 53.1 Å². The van der Waals surface area contributed by atoms with Gasteiger partial charge in [0, 0.05) is 53.7 Å². The van der Waals surface area contributed by atoms with Crippen LogP contribution in [0.4, 0.5) is 13.2 Å². The molecule has 1 atom stereocenters. The smallest absolute Gasteiger partial charge is 0.417 e. The molecule has 0 bridgehead atoms. The third kappa shape index (κ3) is 5.88. The second-order valence-corrected chi connectivity index (χ2v) is 9.96. The predicted molar refractivity (Wildman–Crippen MR) is 131 cm³/mol. The number of alkyl halides is 3. The lowest BCUT2D eigenvalue weighted by molar-refractivity contribution is -0.138. The van der Waals surface area contributed by atoms with E-state index in [0.29, 0.717) is 30.7 Å². The van der Waals surface area contributed by atoms with Crippen molar-refractivity contribution in [1.82, 2.24) is 14.9 Å². The Morgan fingerprint density at radius 1 is 1.27 bits per heavy atom. The number of piperidine rings is 1. The van der Waals surface area contributed by atoms with Crippen LogP contribution in [0.2, 0.25) is 5.02 Å². The first-order chi connectivity index (χ1) is 17.8. The van der Waals surface area contributed by atoms with Gasteiger partial charge in [-0.05, 0) is 31.0 Å². The van der Waals surface area contributed by atoms with Crippen LogP contribution < -0.4 is 4.74 Å². The quantitative estimate of drug-likeness (QED) is 0.396. The zero-order valence-corrected chi connectivity index (χ0v) is 20.9. The minimum Gasteiger partial charge on any atom is -0.468 e. The molecule has 1 saturated heterocycles. The summed E-state index contributed by atoms with van der Waals surface area (Å²) in [4.78, 5) is 28.2. The number of carbonyl (C=O) groups excluding carboxylic acids is 1. The molecular formula is C25H21ClF3N4O3S. The number of hydrogen-bond donors (Lipinski definition) is 0. The number of amides is 1. The highest BCUT2D eigenvalue weighted by atomic mass is 35.5. The van der Waals surface area contributed by atoms with E-state index in [1.807, 2.05) is 11.4 Å². The molecule has 1 unspecified atom stereocenters. The van der Waals surface area contributed by atoms with Crippen molar-refractivity contribution in [3.8, 4) is 5.88 Å². The van der Waals surface area contributed by atoms with E-state index < -0.39 is 11.7 Å². The second-order valence-electron chi connectivity index (χ2n) is 8.67.